The van der Waals surface area contributed by atoms with Gasteiger partial charge in [-0.05, 0) is 36.4 Å². The first-order chi connectivity index (χ1) is 11.3. The van der Waals surface area contributed by atoms with E-state index in [1.807, 2.05) is 0 Å². The number of carbonyl (C=O) groups excluding carboxylic acids is 1. The number of para-hydroxylation sites is 1. The van der Waals surface area contributed by atoms with Crippen LogP contribution in [0, 0.1) is 0 Å². The van der Waals surface area contributed by atoms with Crippen molar-refractivity contribution < 1.29 is 26.7 Å². The molecule has 0 aliphatic rings. The van der Waals surface area contributed by atoms with Crippen molar-refractivity contribution in [1.82, 2.24) is 0 Å². The molecule has 2 aromatic carbocycles. The summed E-state index contributed by atoms with van der Waals surface area (Å²) in [6.07, 6.45) is 0. The van der Waals surface area contributed by atoms with Crippen LogP contribution in [0.2, 0.25) is 5.02 Å². The highest BCUT2D eigenvalue weighted by Crippen LogP contribution is 2.32. The summed E-state index contributed by atoms with van der Waals surface area (Å²) in [5, 5.41) is 2.85. The van der Waals surface area contributed by atoms with Crippen LogP contribution in [-0.2, 0) is 9.84 Å². The van der Waals surface area contributed by atoms with Crippen LogP contribution in [-0.4, -0.2) is 27.2 Å². The third-order valence-electron chi connectivity index (χ3n) is 3.10. The molecule has 1 N–H and O–H groups in total. The molecule has 0 bridgehead atoms. The highest BCUT2D eigenvalue weighted by Gasteiger charge is 2.26. The quantitative estimate of drug-likeness (QED) is 0.866. The highest BCUT2D eigenvalue weighted by molar-refractivity contribution is 7.91. The Balaban J connectivity index is 2.25. The van der Waals surface area contributed by atoms with Crippen molar-refractivity contribution in [3.8, 4) is 5.75 Å². The number of methoxy groups -OCH3 is 1. The van der Waals surface area contributed by atoms with E-state index in [1.165, 1.54) is 7.11 Å². The predicted octanol–water partition coefficient (Wildman–Crippen LogP) is 3.60. The van der Waals surface area contributed by atoms with Gasteiger partial charge >= 0.3 is 5.76 Å². The van der Waals surface area contributed by atoms with Gasteiger partial charge in [0.25, 0.3) is 5.91 Å². The minimum Gasteiger partial charge on any atom is -0.493 e. The van der Waals surface area contributed by atoms with E-state index >= 15 is 0 Å². The van der Waals surface area contributed by atoms with Crippen LogP contribution >= 0.6 is 11.6 Å². The number of nitrogens with one attached hydrogen (secondary N) is 1. The first kappa shape index (κ1) is 18.2. The smallest absolute Gasteiger partial charge is 0.341 e. The summed E-state index contributed by atoms with van der Waals surface area (Å²) >= 11 is 5.95. The maximum Gasteiger partial charge on any atom is 0.341 e. The van der Waals surface area contributed by atoms with E-state index in [0.29, 0.717) is 10.7 Å². The number of ether oxygens (including phenoxy) is 1. The van der Waals surface area contributed by atoms with E-state index < -0.39 is 26.4 Å². The molecule has 0 atom stereocenters. The van der Waals surface area contributed by atoms with Gasteiger partial charge in [0.05, 0.1) is 22.7 Å². The Labute approximate surface area is 142 Å². The summed E-state index contributed by atoms with van der Waals surface area (Å²) in [6.45, 7) is 0. The zero-order chi connectivity index (χ0) is 17.9. The monoisotopic (exact) mass is 375 g/mol. The van der Waals surface area contributed by atoms with Crippen LogP contribution in [0.3, 0.4) is 0 Å². The van der Waals surface area contributed by atoms with E-state index in [2.05, 4.69) is 5.32 Å². The van der Waals surface area contributed by atoms with Gasteiger partial charge in [-0.15, -0.1) is 0 Å². The normalized spacial score (nSPS) is 11.4. The van der Waals surface area contributed by atoms with Gasteiger partial charge < -0.3 is 10.1 Å². The second kappa shape index (κ2) is 7.14. The maximum absolute atomic E-state index is 12.5. The van der Waals surface area contributed by atoms with E-state index in [-0.39, 0.29) is 11.3 Å². The van der Waals surface area contributed by atoms with E-state index in [4.69, 9.17) is 16.3 Å². The lowest BCUT2D eigenvalue weighted by molar-refractivity contribution is 0.102. The Bertz CT molecular complexity index is 854. The maximum atomic E-state index is 12.5. The van der Waals surface area contributed by atoms with Gasteiger partial charge in [0, 0.05) is 5.56 Å². The van der Waals surface area contributed by atoms with Crippen molar-refractivity contribution in [3.05, 3.63) is 53.1 Å². The van der Waals surface area contributed by atoms with Crippen LogP contribution < -0.4 is 10.1 Å². The second-order valence-corrected chi connectivity index (χ2v) is 6.93. The van der Waals surface area contributed by atoms with E-state index in [0.717, 1.165) is 24.3 Å². The minimum absolute atomic E-state index is 0.0882. The standard InChI is InChI=1S/C15H12ClF2NO4S/c1-23-13-11(16)3-2-4-12(13)19-14(20)9-5-7-10(8-6-9)24(21,22)15(17)18/h2-8,15H,1H3,(H,19,20). The molecule has 0 heterocycles. The number of alkyl halides is 2. The lowest BCUT2D eigenvalue weighted by Crippen LogP contribution is -2.14. The molecular formula is C15H12ClF2NO4S. The topological polar surface area (TPSA) is 72.5 Å². The van der Waals surface area contributed by atoms with Crippen molar-refractivity contribution in [3.63, 3.8) is 0 Å². The fourth-order valence-corrected chi connectivity index (χ4v) is 2.88. The fourth-order valence-electron chi connectivity index (χ4n) is 1.91. The third-order valence-corrected chi connectivity index (χ3v) is 4.79. The molecule has 24 heavy (non-hydrogen) atoms. The van der Waals surface area contributed by atoms with Gasteiger partial charge in [-0.2, -0.15) is 8.78 Å². The van der Waals surface area contributed by atoms with Crippen molar-refractivity contribution in [2.75, 3.05) is 12.4 Å². The molecule has 0 fully saturated rings. The lowest BCUT2D eigenvalue weighted by Gasteiger charge is -2.11. The molecule has 9 heteroatoms. The zero-order valence-corrected chi connectivity index (χ0v) is 13.9. The molecule has 2 rings (SSSR count). The van der Waals surface area contributed by atoms with Gasteiger partial charge in [0.2, 0.25) is 9.84 Å². The molecule has 1 amide bonds. The Morgan fingerprint density at radius 1 is 1.17 bits per heavy atom. The summed E-state index contributed by atoms with van der Waals surface area (Å²) in [7, 11) is -3.31. The number of sulfone groups is 1. The average Bonchev–Trinajstić information content (AvgIpc) is 2.55. The number of rotatable bonds is 5. The van der Waals surface area contributed by atoms with Crippen LogP contribution in [0.15, 0.2) is 47.4 Å². The lowest BCUT2D eigenvalue weighted by atomic mass is 10.2. The van der Waals surface area contributed by atoms with Crippen molar-refractivity contribution in [2.45, 2.75) is 10.7 Å². The number of carbonyl (C=O) groups is 1. The van der Waals surface area contributed by atoms with Gasteiger partial charge in [0.15, 0.2) is 5.75 Å². The molecule has 0 aliphatic heterocycles. The number of halogens is 3. The van der Waals surface area contributed by atoms with Crippen LogP contribution in [0.5, 0.6) is 5.75 Å². The predicted molar refractivity (Wildman–Crippen MR) is 85.6 cm³/mol. The largest absolute Gasteiger partial charge is 0.493 e. The van der Waals surface area contributed by atoms with E-state index in [9.17, 15) is 22.0 Å². The molecule has 0 saturated heterocycles. The van der Waals surface area contributed by atoms with Gasteiger partial charge in [-0.1, -0.05) is 17.7 Å². The molecule has 0 aliphatic carbocycles. The SMILES string of the molecule is COc1c(Cl)cccc1NC(=O)c1ccc(S(=O)(=O)C(F)F)cc1. The molecule has 0 unspecified atom stereocenters. The van der Waals surface area contributed by atoms with Crippen LogP contribution in [0.1, 0.15) is 10.4 Å². The zero-order valence-electron chi connectivity index (χ0n) is 12.3. The Hall–Kier alpha value is -2.19. The number of benzene rings is 2. The van der Waals surface area contributed by atoms with E-state index in [1.54, 1.807) is 18.2 Å². The Morgan fingerprint density at radius 2 is 1.79 bits per heavy atom. The summed E-state index contributed by atoms with van der Waals surface area (Å²) < 4.78 is 52.7. The summed E-state index contributed by atoms with van der Waals surface area (Å²) in [6, 6.07) is 8.94. The van der Waals surface area contributed by atoms with Crippen LogP contribution in [0.25, 0.3) is 0 Å². The molecular weight excluding hydrogens is 364 g/mol. The highest BCUT2D eigenvalue weighted by atomic mass is 35.5. The second-order valence-electron chi connectivity index (χ2n) is 4.60. The fraction of sp³-hybridized carbons (Fsp3) is 0.133. The molecule has 0 aromatic heterocycles. The number of amides is 1. The molecule has 0 spiro atoms. The molecule has 0 radical (unpaired) electrons. The molecule has 0 saturated carbocycles. The summed E-state index contributed by atoms with van der Waals surface area (Å²) in [5.41, 5.74) is 0.407. The molecule has 128 valence electrons. The van der Waals surface area contributed by atoms with Gasteiger partial charge in [-0.3, -0.25) is 4.79 Å². The molecule has 2 aromatic rings. The first-order valence-corrected chi connectivity index (χ1v) is 8.45. The van der Waals surface area contributed by atoms with Gasteiger partial charge in [-0.25, -0.2) is 8.42 Å². The molecule has 5 nitrogen and oxygen atoms in total. The average molecular weight is 376 g/mol. The minimum atomic E-state index is -4.70. The first-order valence-electron chi connectivity index (χ1n) is 6.53. The van der Waals surface area contributed by atoms with Crippen molar-refractivity contribution in [2.24, 2.45) is 0 Å². The summed E-state index contributed by atoms with van der Waals surface area (Å²) in [5.74, 6) is -3.83. The van der Waals surface area contributed by atoms with Crippen molar-refractivity contribution in [1.29, 1.82) is 0 Å². The Morgan fingerprint density at radius 3 is 2.33 bits per heavy atom. The number of hydrogen-bond donors (Lipinski definition) is 1. The number of hydrogen-bond acceptors (Lipinski definition) is 4. The Kier molecular flexibility index (Phi) is 5.40. The number of anilines is 1. The third kappa shape index (κ3) is 3.65. The van der Waals surface area contributed by atoms with Crippen molar-refractivity contribution >= 4 is 33.0 Å². The summed E-state index contributed by atoms with van der Waals surface area (Å²) in [4.78, 5) is 11.6. The van der Waals surface area contributed by atoms with Gasteiger partial charge in [0.1, 0.15) is 0 Å². The van der Waals surface area contributed by atoms with Crippen LogP contribution in [0.4, 0.5) is 14.5 Å².